The number of para-hydroxylation sites is 2. The van der Waals surface area contributed by atoms with Crippen LogP contribution < -0.4 is 10.2 Å². The molecule has 0 bridgehead atoms. The van der Waals surface area contributed by atoms with Crippen LogP contribution in [-0.4, -0.2) is 27.6 Å². The van der Waals surface area contributed by atoms with Crippen molar-refractivity contribution in [1.29, 1.82) is 0 Å². The third-order valence-electron chi connectivity index (χ3n) is 4.82. The zero-order valence-corrected chi connectivity index (χ0v) is 17.7. The molecular formula is C25H18N4O5. The van der Waals surface area contributed by atoms with Gasteiger partial charge in [-0.2, -0.15) is 5.10 Å². The summed E-state index contributed by atoms with van der Waals surface area (Å²) in [5.74, 6) is -0.983. The highest BCUT2D eigenvalue weighted by Gasteiger charge is 2.21. The number of hydrogen-bond donors (Lipinski definition) is 1. The third-order valence-corrected chi connectivity index (χ3v) is 4.82. The second-order valence-corrected chi connectivity index (χ2v) is 7.04. The molecule has 1 aromatic heterocycles. The summed E-state index contributed by atoms with van der Waals surface area (Å²) in [6.07, 6.45) is 5.14. The second kappa shape index (κ2) is 10.0. The maximum absolute atomic E-state index is 12.6. The summed E-state index contributed by atoms with van der Waals surface area (Å²) in [4.78, 5) is 35.4. The number of carbonyl (C=O) groups is 2. The van der Waals surface area contributed by atoms with Crippen molar-refractivity contribution in [2.75, 3.05) is 0 Å². The Morgan fingerprint density at radius 1 is 0.882 bits per heavy atom. The Morgan fingerprint density at radius 2 is 1.53 bits per heavy atom. The van der Waals surface area contributed by atoms with E-state index in [0.717, 1.165) is 5.69 Å². The van der Waals surface area contributed by atoms with Crippen LogP contribution in [0.1, 0.15) is 26.3 Å². The molecule has 1 amide bonds. The van der Waals surface area contributed by atoms with Gasteiger partial charge in [-0.1, -0.05) is 24.3 Å². The molecule has 3 aromatic carbocycles. The van der Waals surface area contributed by atoms with Crippen molar-refractivity contribution < 1.29 is 19.2 Å². The fourth-order valence-electron chi connectivity index (χ4n) is 3.20. The van der Waals surface area contributed by atoms with Crippen LogP contribution in [-0.2, 0) is 0 Å². The lowest BCUT2D eigenvalue weighted by molar-refractivity contribution is -0.385. The number of hydrogen-bond acceptors (Lipinski definition) is 6. The highest BCUT2D eigenvalue weighted by atomic mass is 16.6. The summed E-state index contributed by atoms with van der Waals surface area (Å²) in [6, 6.07) is 22.8. The average molecular weight is 454 g/mol. The zero-order chi connectivity index (χ0) is 23.9. The first-order valence-electron chi connectivity index (χ1n) is 10.1. The van der Waals surface area contributed by atoms with E-state index in [2.05, 4.69) is 10.5 Å². The molecule has 0 aliphatic carbocycles. The molecule has 0 saturated carbocycles. The Hall–Kier alpha value is -5.05. The highest BCUT2D eigenvalue weighted by molar-refractivity contribution is 5.98. The number of aromatic nitrogens is 1. The molecule has 9 heteroatoms. The van der Waals surface area contributed by atoms with Gasteiger partial charge in [0.15, 0.2) is 0 Å². The molecule has 168 valence electrons. The van der Waals surface area contributed by atoms with Gasteiger partial charge in [0.05, 0.1) is 22.4 Å². The molecule has 0 spiro atoms. The van der Waals surface area contributed by atoms with Crippen LogP contribution in [0.25, 0.3) is 5.69 Å². The smallest absolute Gasteiger partial charge is 0.350 e. The molecule has 0 radical (unpaired) electrons. The van der Waals surface area contributed by atoms with Gasteiger partial charge >= 0.3 is 5.97 Å². The summed E-state index contributed by atoms with van der Waals surface area (Å²) in [5, 5.41) is 15.1. The SMILES string of the molecule is O=C(N/N=C/c1ccc(OC(=O)c2ccccc2[N+](=O)[O-])cc1)c1ccccc1-n1cccc1. The predicted molar refractivity (Wildman–Crippen MR) is 125 cm³/mol. The average Bonchev–Trinajstić information content (AvgIpc) is 3.40. The first-order valence-corrected chi connectivity index (χ1v) is 10.1. The van der Waals surface area contributed by atoms with Crippen LogP contribution in [0, 0.1) is 10.1 Å². The zero-order valence-electron chi connectivity index (χ0n) is 17.7. The Kier molecular flexibility index (Phi) is 6.55. The number of benzene rings is 3. The van der Waals surface area contributed by atoms with E-state index in [4.69, 9.17) is 4.74 Å². The molecule has 1 N–H and O–H groups in total. The summed E-state index contributed by atoms with van der Waals surface area (Å²) in [5.41, 5.74) is 3.87. The van der Waals surface area contributed by atoms with Gasteiger partial charge in [0.1, 0.15) is 11.3 Å². The maximum Gasteiger partial charge on any atom is 0.350 e. The van der Waals surface area contributed by atoms with Crippen LogP contribution >= 0.6 is 0 Å². The minimum Gasteiger partial charge on any atom is -0.423 e. The number of rotatable bonds is 7. The van der Waals surface area contributed by atoms with Crippen molar-refractivity contribution in [3.8, 4) is 11.4 Å². The number of nitrogens with one attached hydrogen (secondary N) is 1. The molecule has 0 saturated heterocycles. The Balaban J connectivity index is 1.39. The van der Waals surface area contributed by atoms with Crippen LogP contribution in [0.15, 0.2) is 102 Å². The monoisotopic (exact) mass is 454 g/mol. The number of nitro groups is 1. The number of nitrogens with zero attached hydrogens (tertiary/aromatic N) is 3. The van der Waals surface area contributed by atoms with Gasteiger partial charge in [-0.3, -0.25) is 14.9 Å². The Bertz CT molecular complexity index is 1360. The predicted octanol–water partition coefficient (Wildman–Crippen LogP) is 4.37. The summed E-state index contributed by atoms with van der Waals surface area (Å²) in [6.45, 7) is 0. The lowest BCUT2D eigenvalue weighted by Crippen LogP contribution is -2.19. The maximum atomic E-state index is 12.6. The van der Waals surface area contributed by atoms with Crippen molar-refractivity contribution in [3.63, 3.8) is 0 Å². The van der Waals surface area contributed by atoms with E-state index in [1.807, 2.05) is 41.2 Å². The van der Waals surface area contributed by atoms with E-state index < -0.39 is 10.9 Å². The van der Waals surface area contributed by atoms with Crippen molar-refractivity contribution in [3.05, 3.63) is 124 Å². The fraction of sp³-hybridized carbons (Fsp3) is 0. The summed E-state index contributed by atoms with van der Waals surface area (Å²) < 4.78 is 7.07. The molecule has 4 aromatic rings. The van der Waals surface area contributed by atoms with E-state index in [1.54, 1.807) is 24.3 Å². The van der Waals surface area contributed by atoms with Gasteiger partial charge in [-0.25, -0.2) is 10.2 Å². The van der Waals surface area contributed by atoms with Crippen molar-refractivity contribution in [2.45, 2.75) is 0 Å². The quantitative estimate of drug-likeness (QED) is 0.146. The molecule has 0 aliphatic heterocycles. The molecule has 0 unspecified atom stereocenters. The van der Waals surface area contributed by atoms with Gasteiger partial charge in [-0.15, -0.1) is 0 Å². The lowest BCUT2D eigenvalue weighted by atomic mass is 10.1. The number of carbonyl (C=O) groups excluding carboxylic acids is 2. The van der Waals surface area contributed by atoms with E-state index in [-0.39, 0.29) is 22.9 Å². The molecule has 1 heterocycles. The highest BCUT2D eigenvalue weighted by Crippen LogP contribution is 2.21. The normalized spacial score (nSPS) is 10.7. The number of amides is 1. The van der Waals surface area contributed by atoms with E-state index >= 15 is 0 Å². The standard InChI is InChI=1S/C25H18N4O5/c30-24(20-7-1-3-9-22(20)28-15-5-6-16-28)27-26-17-18-11-13-19(14-12-18)34-25(31)21-8-2-4-10-23(21)29(32)33/h1-17H,(H,27,30)/b26-17+. The number of esters is 1. The molecular weight excluding hydrogens is 436 g/mol. The van der Waals surface area contributed by atoms with Gasteiger partial charge < -0.3 is 9.30 Å². The Morgan fingerprint density at radius 3 is 2.24 bits per heavy atom. The molecule has 4 rings (SSSR count). The number of ether oxygens (including phenoxy) is 1. The Labute approximate surface area is 194 Å². The summed E-state index contributed by atoms with van der Waals surface area (Å²) in [7, 11) is 0. The van der Waals surface area contributed by atoms with Crippen LogP contribution in [0.4, 0.5) is 5.69 Å². The first kappa shape index (κ1) is 22.2. The van der Waals surface area contributed by atoms with Gasteiger partial charge in [0.25, 0.3) is 11.6 Å². The van der Waals surface area contributed by atoms with Crippen molar-refractivity contribution >= 4 is 23.8 Å². The van der Waals surface area contributed by atoms with Gasteiger partial charge in [0.2, 0.25) is 0 Å². The van der Waals surface area contributed by atoms with E-state index in [1.165, 1.54) is 42.6 Å². The largest absolute Gasteiger partial charge is 0.423 e. The molecule has 9 nitrogen and oxygen atoms in total. The minimum atomic E-state index is -0.831. The van der Waals surface area contributed by atoms with Crippen LogP contribution in [0.2, 0.25) is 0 Å². The van der Waals surface area contributed by atoms with Crippen LogP contribution in [0.3, 0.4) is 0 Å². The van der Waals surface area contributed by atoms with E-state index in [9.17, 15) is 19.7 Å². The topological polar surface area (TPSA) is 116 Å². The number of nitro benzene ring substituents is 1. The minimum absolute atomic E-state index is 0.138. The lowest BCUT2D eigenvalue weighted by Gasteiger charge is -2.09. The van der Waals surface area contributed by atoms with E-state index in [0.29, 0.717) is 11.1 Å². The van der Waals surface area contributed by atoms with Crippen molar-refractivity contribution in [1.82, 2.24) is 9.99 Å². The second-order valence-electron chi connectivity index (χ2n) is 7.04. The van der Waals surface area contributed by atoms with Gasteiger partial charge in [0, 0.05) is 18.5 Å². The summed E-state index contributed by atoms with van der Waals surface area (Å²) >= 11 is 0. The molecule has 0 atom stereocenters. The molecule has 34 heavy (non-hydrogen) atoms. The first-order chi connectivity index (χ1) is 16.5. The molecule has 0 fully saturated rings. The fourth-order valence-corrected chi connectivity index (χ4v) is 3.20. The number of hydrazone groups is 1. The van der Waals surface area contributed by atoms with Gasteiger partial charge in [-0.05, 0) is 60.2 Å². The van der Waals surface area contributed by atoms with Crippen LogP contribution in [0.5, 0.6) is 5.75 Å². The molecule has 0 aliphatic rings. The van der Waals surface area contributed by atoms with Crippen molar-refractivity contribution in [2.24, 2.45) is 5.10 Å². The third kappa shape index (κ3) is 5.05.